The molecular formula is C15H30NO4PS. The van der Waals surface area contributed by atoms with Crippen molar-refractivity contribution >= 4 is 25.1 Å². The molecule has 3 N–H and O–H groups in total. The van der Waals surface area contributed by atoms with E-state index >= 15 is 0 Å². The number of rotatable bonds is 13. The molecule has 0 saturated heterocycles. The maximum absolute atomic E-state index is 12.8. The third-order valence-electron chi connectivity index (χ3n) is 2.84. The van der Waals surface area contributed by atoms with E-state index in [1.165, 1.54) is 0 Å². The Labute approximate surface area is 138 Å². The first-order valence-corrected chi connectivity index (χ1v) is 10.9. The van der Waals surface area contributed by atoms with E-state index in [1.54, 1.807) is 24.8 Å². The molecule has 0 fully saturated rings. The van der Waals surface area contributed by atoms with Gasteiger partial charge in [-0.3, -0.25) is 4.57 Å². The third-order valence-corrected chi connectivity index (χ3v) is 6.78. The number of allylic oxidation sites excluding steroid dienone is 1. The lowest BCUT2D eigenvalue weighted by atomic mass is 10.2. The van der Waals surface area contributed by atoms with Crippen molar-refractivity contribution in [2.75, 3.05) is 37.0 Å². The lowest BCUT2D eigenvalue weighted by molar-refractivity contribution is -0.132. The van der Waals surface area contributed by atoms with Crippen LogP contribution < -0.4 is 5.73 Å². The quantitative estimate of drug-likeness (QED) is 0.300. The molecule has 0 bridgehead atoms. The summed E-state index contributed by atoms with van der Waals surface area (Å²) in [6, 6.07) is 0. The molecule has 0 heterocycles. The zero-order chi connectivity index (χ0) is 17.0. The zero-order valence-electron chi connectivity index (χ0n) is 13.9. The van der Waals surface area contributed by atoms with E-state index in [0.717, 1.165) is 17.9 Å². The number of carbonyl (C=O) groups is 1. The Bertz CT molecular complexity index is 399. The van der Waals surface area contributed by atoms with Crippen molar-refractivity contribution in [2.24, 2.45) is 11.7 Å². The van der Waals surface area contributed by atoms with Crippen molar-refractivity contribution in [3.8, 4) is 0 Å². The van der Waals surface area contributed by atoms with Gasteiger partial charge in [-0.1, -0.05) is 19.9 Å². The first-order chi connectivity index (χ1) is 10.3. The van der Waals surface area contributed by atoms with Gasteiger partial charge in [-0.05, 0) is 31.4 Å². The average Bonchev–Trinajstić information content (AvgIpc) is 2.40. The lowest BCUT2D eigenvalue weighted by Crippen LogP contribution is -2.12. The fraction of sp³-hybridized carbons (Fsp3) is 0.800. The predicted octanol–water partition coefficient (Wildman–Crippen LogP) is 3.44. The van der Waals surface area contributed by atoms with Gasteiger partial charge in [0.15, 0.2) is 0 Å². The smallest absolute Gasteiger partial charge is 0.331 e. The van der Waals surface area contributed by atoms with Gasteiger partial charge in [0.25, 0.3) is 0 Å². The monoisotopic (exact) mass is 351 g/mol. The number of carboxylic acid groups (broad SMARTS) is 1. The van der Waals surface area contributed by atoms with Crippen LogP contribution in [0.1, 0.15) is 33.6 Å². The van der Waals surface area contributed by atoms with E-state index < -0.39 is 13.3 Å². The fourth-order valence-corrected chi connectivity index (χ4v) is 5.51. The van der Waals surface area contributed by atoms with Crippen LogP contribution in [-0.2, 0) is 13.9 Å². The van der Waals surface area contributed by atoms with Gasteiger partial charge in [0.2, 0.25) is 7.37 Å². The van der Waals surface area contributed by atoms with E-state index in [2.05, 4.69) is 0 Å². The van der Waals surface area contributed by atoms with E-state index in [-0.39, 0.29) is 17.7 Å². The highest BCUT2D eigenvalue weighted by molar-refractivity contribution is 7.99. The molecule has 1 unspecified atom stereocenters. The Morgan fingerprint density at radius 1 is 1.41 bits per heavy atom. The molecule has 0 aromatic heterocycles. The molecule has 7 heteroatoms. The maximum Gasteiger partial charge on any atom is 0.331 e. The van der Waals surface area contributed by atoms with Crippen LogP contribution in [0.25, 0.3) is 0 Å². The molecule has 0 spiro atoms. The first kappa shape index (κ1) is 21.7. The van der Waals surface area contributed by atoms with E-state index in [1.807, 2.05) is 13.8 Å². The highest BCUT2D eigenvalue weighted by Crippen LogP contribution is 2.50. The fourth-order valence-electron chi connectivity index (χ4n) is 2.08. The molecular weight excluding hydrogens is 321 g/mol. The Kier molecular flexibility index (Phi) is 12.0. The maximum atomic E-state index is 12.8. The molecule has 0 aliphatic carbocycles. The number of hydrogen-bond donors (Lipinski definition) is 2. The molecule has 0 aromatic rings. The lowest BCUT2D eigenvalue weighted by Gasteiger charge is -2.20. The van der Waals surface area contributed by atoms with Crippen LogP contribution in [0.2, 0.25) is 0 Å². The van der Waals surface area contributed by atoms with Gasteiger partial charge in [0, 0.05) is 24.0 Å². The van der Waals surface area contributed by atoms with Crippen LogP contribution in [0, 0.1) is 5.92 Å². The molecule has 0 aromatic carbocycles. The summed E-state index contributed by atoms with van der Waals surface area (Å²) in [5.74, 6) is 1.08. The summed E-state index contributed by atoms with van der Waals surface area (Å²) in [6.45, 7) is 6.71. The van der Waals surface area contributed by atoms with Crippen molar-refractivity contribution < 1.29 is 19.0 Å². The molecule has 1 atom stereocenters. The summed E-state index contributed by atoms with van der Waals surface area (Å²) in [6.07, 6.45) is 3.69. The molecule has 130 valence electrons. The molecule has 5 nitrogen and oxygen atoms in total. The standard InChI is InChI=1S/C15H30NO4PS/c1-4-20-21(19,11-13(2)3)12-14(15(17)18)7-5-6-9-22-10-8-16/h7,13H,4-6,8-12,16H2,1-3H3,(H,17,18)/b14-7+. The second-order valence-corrected chi connectivity index (χ2v) is 9.34. The van der Waals surface area contributed by atoms with Crippen molar-refractivity contribution in [1.29, 1.82) is 0 Å². The largest absolute Gasteiger partial charge is 0.478 e. The molecule has 0 saturated carbocycles. The molecule has 22 heavy (non-hydrogen) atoms. The van der Waals surface area contributed by atoms with Gasteiger partial charge in [-0.15, -0.1) is 0 Å². The van der Waals surface area contributed by atoms with Crippen molar-refractivity contribution in [1.82, 2.24) is 0 Å². The second-order valence-electron chi connectivity index (χ2n) is 5.54. The minimum Gasteiger partial charge on any atom is -0.478 e. The number of thioether (sulfide) groups is 1. The highest BCUT2D eigenvalue weighted by Gasteiger charge is 2.27. The molecule has 0 aliphatic heterocycles. The number of aliphatic carboxylic acids is 1. The molecule has 0 amide bonds. The third kappa shape index (κ3) is 10.4. The second kappa shape index (κ2) is 12.2. The van der Waals surface area contributed by atoms with Gasteiger partial charge >= 0.3 is 5.97 Å². The van der Waals surface area contributed by atoms with Crippen LogP contribution in [0.4, 0.5) is 0 Å². The van der Waals surface area contributed by atoms with Crippen LogP contribution >= 0.6 is 19.1 Å². The number of unbranched alkanes of at least 4 members (excludes halogenated alkanes) is 1. The van der Waals surface area contributed by atoms with Crippen molar-refractivity contribution in [2.45, 2.75) is 33.6 Å². The summed E-state index contributed by atoms with van der Waals surface area (Å²) < 4.78 is 18.2. The topological polar surface area (TPSA) is 89.6 Å². The number of hydrogen-bond acceptors (Lipinski definition) is 5. The normalized spacial score (nSPS) is 15.0. The van der Waals surface area contributed by atoms with E-state index in [9.17, 15) is 14.5 Å². The zero-order valence-corrected chi connectivity index (χ0v) is 15.6. The SMILES string of the molecule is CCOP(=O)(C/C(=C\CCCSCCN)C(=O)O)CC(C)C. The van der Waals surface area contributed by atoms with Crippen LogP contribution in [0.5, 0.6) is 0 Å². The van der Waals surface area contributed by atoms with Gasteiger partial charge in [0.1, 0.15) is 0 Å². The minimum absolute atomic E-state index is 0.0182. The van der Waals surface area contributed by atoms with Crippen LogP contribution in [-0.4, -0.2) is 48.1 Å². The molecule has 0 rings (SSSR count). The van der Waals surface area contributed by atoms with Gasteiger partial charge in [-0.25, -0.2) is 4.79 Å². The summed E-state index contributed by atoms with van der Waals surface area (Å²) in [5.41, 5.74) is 5.62. The summed E-state index contributed by atoms with van der Waals surface area (Å²) in [5, 5.41) is 9.31. The van der Waals surface area contributed by atoms with Gasteiger partial charge in [-0.2, -0.15) is 11.8 Å². The Morgan fingerprint density at radius 3 is 2.59 bits per heavy atom. The van der Waals surface area contributed by atoms with E-state index in [4.69, 9.17) is 10.3 Å². The van der Waals surface area contributed by atoms with E-state index in [0.29, 0.717) is 25.7 Å². The van der Waals surface area contributed by atoms with Crippen molar-refractivity contribution in [3.63, 3.8) is 0 Å². The predicted molar refractivity (Wildman–Crippen MR) is 95.1 cm³/mol. The van der Waals surface area contributed by atoms with Crippen LogP contribution in [0.3, 0.4) is 0 Å². The average molecular weight is 351 g/mol. The summed E-state index contributed by atoms with van der Waals surface area (Å²) in [7, 11) is -2.92. The Hall–Kier alpha value is -0.290. The Morgan fingerprint density at radius 2 is 2.09 bits per heavy atom. The summed E-state index contributed by atoms with van der Waals surface area (Å²) in [4.78, 5) is 11.4. The van der Waals surface area contributed by atoms with Crippen LogP contribution in [0.15, 0.2) is 11.6 Å². The van der Waals surface area contributed by atoms with Gasteiger partial charge in [0.05, 0.1) is 12.8 Å². The first-order valence-electron chi connectivity index (χ1n) is 7.77. The molecule has 0 aliphatic rings. The summed E-state index contributed by atoms with van der Waals surface area (Å²) >= 11 is 1.76. The number of nitrogens with two attached hydrogens (primary N) is 1. The van der Waals surface area contributed by atoms with Crippen molar-refractivity contribution in [3.05, 3.63) is 11.6 Å². The molecule has 0 radical (unpaired) electrons. The highest BCUT2D eigenvalue weighted by atomic mass is 32.2. The van der Waals surface area contributed by atoms with Gasteiger partial charge < -0.3 is 15.4 Å². The minimum atomic E-state index is -2.92. The Balaban J connectivity index is 4.64. The number of carboxylic acids is 1.